The summed E-state index contributed by atoms with van der Waals surface area (Å²) in [5, 5.41) is 13.4. The second-order valence-electron chi connectivity index (χ2n) is 14.3. The van der Waals surface area contributed by atoms with E-state index in [0.717, 1.165) is 31.2 Å². The van der Waals surface area contributed by atoms with Gasteiger partial charge >= 0.3 is 0 Å². The molecule has 0 spiro atoms. The Bertz CT molecular complexity index is 1860. The topological polar surface area (TPSA) is 204 Å². The largest absolute Gasteiger partial charge is 0.355 e. The number of ether oxygens (including phenoxy) is 2. The van der Waals surface area contributed by atoms with E-state index >= 15 is 0 Å². The van der Waals surface area contributed by atoms with Gasteiger partial charge in [0.25, 0.3) is 0 Å². The molecule has 1 aliphatic heterocycles. The number of Topliss-reactive ketones (excluding diaryl/α,β-unsaturated/α-hetero) is 1. The van der Waals surface area contributed by atoms with Crippen molar-refractivity contribution in [1.29, 1.82) is 0 Å². The van der Waals surface area contributed by atoms with E-state index in [4.69, 9.17) is 21.4 Å². The van der Waals surface area contributed by atoms with Crippen LogP contribution in [0, 0.1) is 41.0 Å². The number of amides is 4. The van der Waals surface area contributed by atoms with Crippen LogP contribution in [0.1, 0.15) is 82.1 Å². The molecule has 4 N–H and O–H groups in total. The lowest BCUT2D eigenvalue weighted by Crippen LogP contribution is -2.59. The summed E-state index contributed by atoms with van der Waals surface area (Å²) in [4.78, 5) is 66.9. The summed E-state index contributed by atoms with van der Waals surface area (Å²) in [6.07, 6.45) is 9.36. The number of azide groups is 1. The lowest BCUT2D eigenvalue weighted by molar-refractivity contribution is -0.231. The first-order valence-corrected chi connectivity index (χ1v) is 19.1. The number of unbranched alkanes of at least 4 members (excludes halogenated alkanes) is 4. The van der Waals surface area contributed by atoms with Gasteiger partial charge in [0.1, 0.15) is 11.5 Å². The lowest BCUT2D eigenvalue weighted by Gasteiger charge is -2.37. The molecule has 0 bridgehead atoms. The number of nitrogens with zero attached hydrogens (tertiary/aromatic N) is 4. The number of halogens is 4. The number of hydrogen-bond acceptors (Lipinski definition) is 9. The number of likely N-dealkylation sites (N-methyl/N-ethyl adjacent to an activating group) is 1. The number of terminal acetylenes is 1. The van der Waals surface area contributed by atoms with Gasteiger partial charge in [-0.05, 0) is 82.8 Å². The van der Waals surface area contributed by atoms with Crippen LogP contribution in [-0.2, 0) is 39.9 Å². The molecule has 2 aromatic carbocycles. The van der Waals surface area contributed by atoms with Crippen molar-refractivity contribution in [1.82, 2.24) is 20.9 Å². The third-order valence-corrected chi connectivity index (χ3v) is 9.59. The monoisotopic (exact) mass is 830 g/mol. The van der Waals surface area contributed by atoms with Crippen LogP contribution < -0.4 is 21.3 Å². The molecule has 59 heavy (non-hydrogen) atoms. The molecule has 0 aliphatic carbocycles. The summed E-state index contributed by atoms with van der Waals surface area (Å²) < 4.78 is 69.0. The molecule has 2 aromatic rings. The van der Waals surface area contributed by atoms with E-state index in [0.29, 0.717) is 50.8 Å². The van der Waals surface area contributed by atoms with Crippen LogP contribution in [0.15, 0.2) is 29.4 Å². The van der Waals surface area contributed by atoms with Crippen molar-refractivity contribution in [3.63, 3.8) is 0 Å². The molecule has 1 aliphatic rings. The molecule has 0 radical (unpaired) electrons. The smallest absolute Gasteiger partial charge is 0.241 e. The Kier molecular flexibility index (Phi) is 19.3. The predicted octanol–water partition coefficient (Wildman–Crippen LogP) is 5.41. The van der Waals surface area contributed by atoms with E-state index in [9.17, 15) is 41.5 Å². The fourth-order valence-electron chi connectivity index (χ4n) is 6.23. The van der Waals surface area contributed by atoms with Gasteiger partial charge in [0.05, 0.1) is 31.4 Å². The molecule has 4 amide bonds. The van der Waals surface area contributed by atoms with Crippen LogP contribution in [0.3, 0.4) is 0 Å². The highest BCUT2D eigenvalue weighted by Crippen LogP contribution is 2.39. The predicted molar refractivity (Wildman–Crippen MR) is 209 cm³/mol. The van der Waals surface area contributed by atoms with Crippen molar-refractivity contribution < 1.29 is 51.0 Å². The van der Waals surface area contributed by atoms with Gasteiger partial charge in [-0.2, -0.15) is 0 Å². The fourth-order valence-corrected chi connectivity index (χ4v) is 6.23. The average Bonchev–Trinajstić information content (AvgIpc) is 3.21. The normalized spacial score (nSPS) is 16.6. The number of benzene rings is 2. The Morgan fingerprint density at radius 3 is 2.07 bits per heavy atom. The third kappa shape index (κ3) is 13.8. The number of carbonyl (C=O) groups excluding carboxylic acids is 5. The van der Waals surface area contributed by atoms with Crippen LogP contribution in [0.4, 0.5) is 28.9 Å². The maximum Gasteiger partial charge on any atom is 0.241 e. The Balaban J connectivity index is 1.47. The van der Waals surface area contributed by atoms with E-state index in [1.807, 2.05) is 24.3 Å². The molecule has 1 saturated heterocycles. The van der Waals surface area contributed by atoms with Gasteiger partial charge in [0.15, 0.2) is 35.0 Å². The molecule has 1 heterocycles. The second-order valence-corrected chi connectivity index (χ2v) is 14.3. The first-order chi connectivity index (χ1) is 28.2. The lowest BCUT2D eigenvalue weighted by atomic mass is 9.86. The SMILES string of the molecule is C#CCNC(=O)C1(C(=O)NCCCC[C@@H](C(=O)NCCc2ccc(NC(=O)CCCCCCC(C)=O)cc2)N(C)C)COC(c2c(F)c(F)c(N=[N+]=[N-])c(F)c2F)OC1. The maximum atomic E-state index is 14.8. The van der Waals surface area contributed by atoms with Crippen molar-refractivity contribution in [3.8, 4) is 12.3 Å². The van der Waals surface area contributed by atoms with Crippen LogP contribution in [0.25, 0.3) is 10.4 Å². The molecule has 0 aromatic heterocycles. The zero-order valence-electron chi connectivity index (χ0n) is 33.3. The maximum absolute atomic E-state index is 14.8. The van der Waals surface area contributed by atoms with Gasteiger partial charge in [-0.3, -0.25) is 24.1 Å². The summed E-state index contributed by atoms with van der Waals surface area (Å²) in [6, 6.07) is 6.88. The molecule has 19 heteroatoms. The average molecular weight is 831 g/mol. The summed E-state index contributed by atoms with van der Waals surface area (Å²) in [7, 11) is 3.52. The number of rotatable bonds is 23. The minimum atomic E-state index is -2.11. The van der Waals surface area contributed by atoms with Crippen LogP contribution in [0.2, 0.25) is 0 Å². The number of nitrogens with one attached hydrogen (secondary N) is 4. The van der Waals surface area contributed by atoms with E-state index in [1.165, 1.54) is 0 Å². The molecule has 1 atom stereocenters. The van der Waals surface area contributed by atoms with Crippen molar-refractivity contribution in [3.05, 3.63) is 69.1 Å². The number of carbonyl (C=O) groups is 5. The molecule has 1 fully saturated rings. The summed E-state index contributed by atoms with van der Waals surface area (Å²) in [5.41, 5.74) is 5.15. The van der Waals surface area contributed by atoms with Gasteiger partial charge in [-0.15, -0.1) is 6.42 Å². The van der Waals surface area contributed by atoms with Gasteiger partial charge in [-0.1, -0.05) is 36.0 Å². The number of anilines is 1. The van der Waals surface area contributed by atoms with Gasteiger partial charge in [0.2, 0.25) is 23.6 Å². The highest BCUT2D eigenvalue weighted by atomic mass is 19.2. The van der Waals surface area contributed by atoms with Crippen LogP contribution in [-0.4, -0.2) is 87.3 Å². The van der Waals surface area contributed by atoms with Crippen molar-refractivity contribution in [2.24, 2.45) is 10.5 Å². The van der Waals surface area contributed by atoms with Gasteiger partial charge < -0.3 is 35.5 Å². The first-order valence-electron chi connectivity index (χ1n) is 19.1. The molecule has 15 nitrogen and oxygen atoms in total. The minimum absolute atomic E-state index is 0.0490. The summed E-state index contributed by atoms with van der Waals surface area (Å²) in [5.74, 6) is -7.62. The summed E-state index contributed by atoms with van der Waals surface area (Å²) in [6.45, 7) is 0.0554. The Morgan fingerprint density at radius 1 is 0.881 bits per heavy atom. The highest BCUT2D eigenvalue weighted by Gasteiger charge is 2.51. The molecule has 0 saturated carbocycles. The Labute approximate surface area is 339 Å². The van der Waals surface area contributed by atoms with E-state index in [-0.39, 0.29) is 30.7 Å². The zero-order valence-corrected chi connectivity index (χ0v) is 33.3. The Morgan fingerprint density at radius 2 is 1.49 bits per heavy atom. The van der Waals surface area contributed by atoms with Crippen LogP contribution in [0.5, 0.6) is 0 Å². The van der Waals surface area contributed by atoms with Crippen molar-refractivity contribution in [2.75, 3.05) is 52.3 Å². The molecule has 0 unspecified atom stereocenters. The van der Waals surface area contributed by atoms with Gasteiger partial charge in [-0.25, -0.2) is 17.6 Å². The first kappa shape index (κ1) is 47.8. The van der Waals surface area contributed by atoms with E-state index < -0.39 is 77.3 Å². The highest BCUT2D eigenvalue weighted by molar-refractivity contribution is 6.05. The van der Waals surface area contributed by atoms with Crippen molar-refractivity contribution >= 4 is 40.8 Å². The molecule has 320 valence electrons. The standard InChI is InChI=1S/C40H50F4N8O7/c1-5-20-47-38(56)40(23-58-37(59-24-40)30-31(41)33(43)35(50-51-45)34(44)32(30)42)39(57)48-21-11-10-13-28(52(3)4)36(55)46-22-19-26-15-17-27(18-16-26)49-29(54)14-9-7-6-8-12-25(2)53/h1,15-18,28,37H,6-14,19-24H2,2-4H3,(H,46,55)(H,47,56)(H,48,57)(H,49,54)/t28-,37?,40?/m0/s1. The summed E-state index contributed by atoms with van der Waals surface area (Å²) >= 11 is 0. The number of ketones is 1. The van der Waals surface area contributed by atoms with Crippen LogP contribution >= 0.6 is 0 Å². The van der Waals surface area contributed by atoms with Crippen molar-refractivity contribution in [2.45, 2.75) is 83.5 Å². The Hall–Kier alpha value is -5.54. The van der Waals surface area contributed by atoms with Gasteiger partial charge in [0, 0.05) is 36.5 Å². The molecular weight excluding hydrogens is 780 g/mol. The quantitative estimate of drug-likeness (QED) is 0.0166. The molecular formula is C40H50F4N8O7. The minimum Gasteiger partial charge on any atom is -0.355 e. The second kappa shape index (κ2) is 23.8. The van der Waals surface area contributed by atoms with E-state index in [1.54, 1.807) is 25.9 Å². The fraction of sp³-hybridized carbons (Fsp3) is 0.525. The molecule has 3 rings (SSSR count). The van der Waals surface area contributed by atoms with E-state index in [2.05, 4.69) is 37.2 Å². The zero-order chi connectivity index (χ0) is 43.5. The number of hydrogen-bond donors (Lipinski definition) is 4. The third-order valence-electron chi connectivity index (χ3n) is 9.59.